The lowest BCUT2D eigenvalue weighted by Crippen LogP contribution is -2.29. The van der Waals surface area contributed by atoms with Crippen LogP contribution in [0.3, 0.4) is 0 Å². The molecule has 0 aliphatic rings. The maximum Gasteiger partial charge on any atom is 0.257 e. The van der Waals surface area contributed by atoms with Crippen LogP contribution in [0.2, 0.25) is 0 Å². The number of amides is 1. The summed E-state index contributed by atoms with van der Waals surface area (Å²) in [4.78, 5) is 19.5. The first-order chi connectivity index (χ1) is 18.5. The molecule has 1 amide bonds. The van der Waals surface area contributed by atoms with Crippen LogP contribution in [0.15, 0.2) is 91.1 Å². The van der Waals surface area contributed by atoms with Crippen molar-refractivity contribution in [3.05, 3.63) is 96.7 Å². The zero-order valence-corrected chi connectivity index (χ0v) is 20.9. The molecule has 0 spiro atoms. The number of phenolic OH excluding ortho intramolecular Hbond substituents is 1. The van der Waals surface area contributed by atoms with Gasteiger partial charge in [0.15, 0.2) is 5.65 Å². The van der Waals surface area contributed by atoms with Gasteiger partial charge in [-0.3, -0.25) is 4.79 Å². The zero-order chi connectivity index (χ0) is 26.5. The SMILES string of the molecule is [B]c1cnn2c(NCCCN(C)C(=O)c3ccccc3Oc3ccccc3)cc(-c3ccccc3O)nc12. The van der Waals surface area contributed by atoms with Gasteiger partial charge in [0.05, 0.1) is 11.3 Å². The van der Waals surface area contributed by atoms with Crippen LogP contribution in [-0.4, -0.2) is 58.5 Å². The van der Waals surface area contributed by atoms with Crippen LogP contribution >= 0.6 is 0 Å². The number of nitrogens with zero attached hydrogens (tertiary/aromatic N) is 4. The van der Waals surface area contributed by atoms with Crippen molar-refractivity contribution >= 4 is 30.7 Å². The van der Waals surface area contributed by atoms with E-state index in [2.05, 4.69) is 15.4 Å². The van der Waals surface area contributed by atoms with Gasteiger partial charge < -0.3 is 20.1 Å². The molecule has 0 atom stereocenters. The highest BCUT2D eigenvalue weighted by Crippen LogP contribution is 2.29. The van der Waals surface area contributed by atoms with Crippen LogP contribution in [0.1, 0.15) is 16.8 Å². The van der Waals surface area contributed by atoms with E-state index in [0.717, 1.165) is 0 Å². The number of rotatable bonds is 9. The molecule has 0 saturated heterocycles. The maximum atomic E-state index is 13.2. The summed E-state index contributed by atoms with van der Waals surface area (Å²) < 4.78 is 7.59. The number of benzene rings is 3. The van der Waals surface area contributed by atoms with Crippen LogP contribution in [0.5, 0.6) is 17.2 Å². The van der Waals surface area contributed by atoms with E-state index in [4.69, 9.17) is 12.6 Å². The van der Waals surface area contributed by atoms with E-state index in [0.29, 0.717) is 64.8 Å². The normalized spacial score (nSPS) is 10.9. The highest BCUT2D eigenvalue weighted by Gasteiger charge is 2.17. The van der Waals surface area contributed by atoms with Gasteiger partial charge in [-0.15, -0.1) is 0 Å². The van der Waals surface area contributed by atoms with Gasteiger partial charge >= 0.3 is 0 Å². The van der Waals surface area contributed by atoms with Crippen LogP contribution in [-0.2, 0) is 0 Å². The topological polar surface area (TPSA) is 92.0 Å². The molecule has 188 valence electrons. The second-order valence-electron chi connectivity index (χ2n) is 8.80. The molecule has 2 radical (unpaired) electrons. The lowest BCUT2D eigenvalue weighted by Gasteiger charge is -2.19. The molecule has 5 rings (SSSR count). The van der Waals surface area contributed by atoms with Gasteiger partial charge in [0.25, 0.3) is 5.91 Å². The fourth-order valence-electron chi connectivity index (χ4n) is 4.12. The molecule has 0 saturated carbocycles. The van der Waals surface area contributed by atoms with Gasteiger partial charge in [-0.05, 0) is 48.3 Å². The highest BCUT2D eigenvalue weighted by molar-refractivity contribution is 6.36. The van der Waals surface area contributed by atoms with E-state index in [1.165, 1.54) is 0 Å². The summed E-state index contributed by atoms with van der Waals surface area (Å²) in [7, 11) is 7.86. The Morgan fingerprint density at radius 1 is 1.05 bits per heavy atom. The zero-order valence-electron chi connectivity index (χ0n) is 20.9. The van der Waals surface area contributed by atoms with E-state index in [1.54, 1.807) is 53.0 Å². The summed E-state index contributed by atoms with van der Waals surface area (Å²) in [5, 5.41) is 18.0. The fraction of sp³-hybridized carbons (Fsp3) is 0.138. The first-order valence-electron chi connectivity index (χ1n) is 12.2. The predicted octanol–water partition coefficient (Wildman–Crippen LogP) is 4.26. The highest BCUT2D eigenvalue weighted by atomic mass is 16.5. The predicted molar refractivity (Wildman–Crippen MR) is 149 cm³/mol. The molecule has 5 aromatic rings. The third-order valence-corrected chi connectivity index (χ3v) is 6.09. The van der Waals surface area contributed by atoms with Gasteiger partial charge in [0.1, 0.15) is 30.9 Å². The Morgan fingerprint density at radius 2 is 1.79 bits per heavy atom. The summed E-state index contributed by atoms with van der Waals surface area (Å²) in [5.41, 5.74) is 2.61. The van der Waals surface area contributed by atoms with Crippen molar-refractivity contribution in [1.29, 1.82) is 0 Å². The average Bonchev–Trinajstić information content (AvgIpc) is 3.32. The van der Waals surface area contributed by atoms with Crippen molar-refractivity contribution in [3.63, 3.8) is 0 Å². The van der Waals surface area contributed by atoms with Crippen molar-refractivity contribution < 1.29 is 14.6 Å². The molecule has 2 heterocycles. The number of carbonyl (C=O) groups excluding carboxylic acids is 1. The molecule has 9 heteroatoms. The lowest BCUT2D eigenvalue weighted by molar-refractivity contribution is 0.0792. The largest absolute Gasteiger partial charge is 0.507 e. The summed E-state index contributed by atoms with van der Waals surface area (Å²) in [6, 6.07) is 25.5. The number of phenols is 1. The van der Waals surface area contributed by atoms with Gasteiger partial charge in [-0.1, -0.05) is 42.5 Å². The van der Waals surface area contributed by atoms with Crippen LogP contribution in [0, 0.1) is 0 Å². The van der Waals surface area contributed by atoms with Crippen molar-refractivity contribution in [2.45, 2.75) is 6.42 Å². The number of hydrogen-bond acceptors (Lipinski definition) is 6. The minimum Gasteiger partial charge on any atom is -0.507 e. The van der Waals surface area contributed by atoms with E-state index in [9.17, 15) is 9.90 Å². The molecule has 38 heavy (non-hydrogen) atoms. The number of anilines is 1. The second kappa shape index (κ2) is 11.1. The minimum atomic E-state index is -0.121. The molecule has 2 aromatic heterocycles. The summed E-state index contributed by atoms with van der Waals surface area (Å²) in [5.74, 6) is 1.88. The number of hydrogen-bond donors (Lipinski definition) is 2. The van der Waals surface area contributed by atoms with Crippen LogP contribution in [0.25, 0.3) is 16.9 Å². The third-order valence-electron chi connectivity index (χ3n) is 6.09. The number of nitrogens with one attached hydrogen (secondary N) is 1. The van der Waals surface area contributed by atoms with Gasteiger partial charge in [-0.25, -0.2) is 4.98 Å². The molecular weight excluding hydrogens is 477 g/mol. The van der Waals surface area contributed by atoms with Gasteiger partial charge in [-0.2, -0.15) is 9.61 Å². The monoisotopic (exact) mass is 503 g/mol. The van der Waals surface area contributed by atoms with Crippen molar-refractivity contribution in [3.8, 4) is 28.5 Å². The van der Waals surface area contributed by atoms with E-state index < -0.39 is 0 Å². The number of ether oxygens (including phenoxy) is 1. The number of fused-ring (bicyclic) bond motifs is 1. The Morgan fingerprint density at radius 3 is 2.61 bits per heavy atom. The Labute approximate surface area is 221 Å². The second-order valence-corrected chi connectivity index (χ2v) is 8.80. The quantitative estimate of drug-likeness (QED) is 0.231. The molecule has 0 aliphatic carbocycles. The molecule has 0 unspecified atom stereocenters. The van der Waals surface area contributed by atoms with Crippen LogP contribution < -0.4 is 15.5 Å². The number of para-hydroxylation sites is 3. The molecular formula is C29H26BN5O3. The molecule has 2 N–H and O–H groups in total. The van der Waals surface area contributed by atoms with E-state index in [-0.39, 0.29) is 11.7 Å². The third kappa shape index (κ3) is 5.32. The Balaban J connectivity index is 1.25. The maximum absolute atomic E-state index is 13.2. The lowest BCUT2D eigenvalue weighted by atomic mass is 10.0. The Bertz CT molecular complexity index is 1570. The first kappa shape index (κ1) is 24.9. The number of aromatic hydroxyl groups is 1. The Kier molecular flexibility index (Phi) is 7.26. The summed E-state index contributed by atoms with van der Waals surface area (Å²) in [6.45, 7) is 1.09. The summed E-state index contributed by atoms with van der Waals surface area (Å²) in [6.07, 6.45) is 2.22. The molecule has 0 aliphatic heterocycles. The average molecular weight is 503 g/mol. The fourth-order valence-corrected chi connectivity index (χ4v) is 4.12. The van der Waals surface area contributed by atoms with Gasteiger partial charge in [0.2, 0.25) is 0 Å². The summed E-state index contributed by atoms with van der Waals surface area (Å²) >= 11 is 0. The first-order valence-corrected chi connectivity index (χ1v) is 12.2. The van der Waals surface area contributed by atoms with E-state index in [1.807, 2.05) is 54.6 Å². The van der Waals surface area contributed by atoms with Crippen molar-refractivity contribution in [2.24, 2.45) is 0 Å². The van der Waals surface area contributed by atoms with Crippen LogP contribution in [0.4, 0.5) is 5.82 Å². The smallest absolute Gasteiger partial charge is 0.257 e. The molecule has 8 nitrogen and oxygen atoms in total. The number of aromatic nitrogens is 3. The minimum absolute atomic E-state index is 0.121. The van der Waals surface area contributed by atoms with E-state index >= 15 is 0 Å². The molecule has 0 fully saturated rings. The Hall–Kier alpha value is -4.79. The van der Waals surface area contributed by atoms with Gasteiger partial charge in [0, 0.05) is 38.0 Å². The number of carbonyl (C=O) groups is 1. The molecule has 0 bridgehead atoms. The van der Waals surface area contributed by atoms with Crippen molar-refractivity contribution in [1.82, 2.24) is 19.5 Å². The standard InChI is InChI=1S/C29H26BN5O3/c1-34(29(37)22-13-6-8-15-26(22)38-20-10-3-2-4-11-20)17-9-16-31-27-18-24(21-12-5-7-14-25(21)36)33-28-23(30)19-32-35(27)28/h2-8,10-15,18-19,31,36H,9,16-17H2,1H3. The molecule has 3 aromatic carbocycles. The van der Waals surface area contributed by atoms with Crippen molar-refractivity contribution in [2.75, 3.05) is 25.5 Å².